The molecule has 20 heavy (non-hydrogen) atoms. The lowest BCUT2D eigenvalue weighted by molar-refractivity contribution is -0.116. The molecule has 0 aliphatic carbocycles. The van der Waals surface area contributed by atoms with E-state index < -0.39 is 11.9 Å². The van der Waals surface area contributed by atoms with Crippen LogP contribution in [0.3, 0.4) is 0 Å². The summed E-state index contributed by atoms with van der Waals surface area (Å²) in [4.78, 5) is 11.9. The van der Waals surface area contributed by atoms with Crippen LogP contribution in [0.1, 0.15) is 11.9 Å². The van der Waals surface area contributed by atoms with E-state index in [1.165, 1.54) is 29.5 Å². The zero-order valence-corrected chi connectivity index (χ0v) is 12.3. The van der Waals surface area contributed by atoms with Gasteiger partial charge in [-0.2, -0.15) is 0 Å². The van der Waals surface area contributed by atoms with Crippen molar-refractivity contribution in [3.63, 3.8) is 0 Å². The summed E-state index contributed by atoms with van der Waals surface area (Å²) in [6.07, 6.45) is 0. The predicted octanol–water partition coefficient (Wildman–Crippen LogP) is 3.08. The highest BCUT2D eigenvalue weighted by atomic mass is 35.5. The van der Waals surface area contributed by atoms with Gasteiger partial charge in [-0.15, -0.1) is 10.2 Å². The van der Waals surface area contributed by atoms with Crippen molar-refractivity contribution in [1.82, 2.24) is 10.2 Å². The summed E-state index contributed by atoms with van der Waals surface area (Å²) in [5, 5.41) is 14.4. The molecule has 0 bridgehead atoms. The smallest absolute Gasteiger partial charge is 0.248 e. The van der Waals surface area contributed by atoms with E-state index in [2.05, 4.69) is 20.8 Å². The van der Waals surface area contributed by atoms with Gasteiger partial charge in [-0.25, -0.2) is 4.39 Å². The van der Waals surface area contributed by atoms with Gasteiger partial charge in [-0.1, -0.05) is 22.9 Å². The van der Waals surface area contributed by atoms with Crippen LogP contribution in [0.25, 0.3) is 0 Å². The Hall–Kier alpha value is -1.73. The van der Waals surface area contributed by atoms with Gasteiger partial charge in [0.2, 0.25) is 11.0 Å². The van der Waals surface area contributed by atoms with Crippen molar-refractivity contribution < 1.29 is 9.18 Å². The highest BCUT2D eigenvalue weighted by Crippen LogP contribution is 2.20. The number of amides is 1. The Morgan fingerprint density at radius 1 is 1.45 bits per heavy atom. The van der Waals surface area contributed by atoms with E-state index in [1.54, 1.807) is 13.8 Å². The molecule has 0 fully saturated rings. The quantitative estimate of drug-likeness (QED) is 0.910. The number of nitrogens with one attached hydrogen (secondary N) is 2. The Bertz CT molecular complexity index is 634. The maximum absolute atomic E-state index is 13.0. The van der Waals surface area contributed by atoms with Crippen LogP contribution in [0.4, 0.5) is 15.2 Å². The minimum atomic E-state index is -0.527. The van der Waals surface area contributed by atoms with Crippen LogP contribution < -0.4 is 10.6 Å². The Morgan fingerprint density at radius 3 is 2.80 bits per heavy atom. The molecular weight excluding hydrogens is 303 g/mol. The fourth-order valence-electron chi connectivity index (χ4n) is 1.46. The number of halogens is 2. The molecule has 0 radical (unpaired) electrons. The lowest BCUT2D eigenvalue weighted by Crippen LogP contribution is -2.31. The summed E-state index contributed by atoms with van der Waals surface area (Å²) in [5.41, 5.74) is 0.562. The number of hydrogen-bond donors (Lipinski definition) is 2. The van der Waals surface area contributed by atoms with Crippen molar-refractivity contribution in [1.29, 1.82) is 0 Å². The van der Waals surface area contributed by atoms with Crippen molar-refractivity contribution in [3.8, 4) is 0 Å². The number of carbonyl (C=O) groups is 1. The predicted molar refractivity (Wildman–Crippen MR) is 77.8 cm³/mol. The van der Waals surface area contributed by atoms with E-state index in [0.29, 0.717) is 10.8 Å². The minimum Gasteiger partial charge on any atom is -0.374 e. The van der Waals surface area contributed by atoms with Crippen LogP contribution >= 0.6 is 22.9 Å². The van der Waals surface area contributed by atoms with E-state index in [4.69, 9.17) is 11.6 Å². The fourth-order valence-corrected chi connectivity index (χ4v) is 2.24. The summed E-state index contributed by atoms with van der Waals surface area (Å²) in [6.45, 7) is 3.48. The molecule has 1 aromatic heterocycles. The van der Waals surface area contributed by atoms with Gasteiger partial charge < -0.3 is 5.32 Å². The summed E-state index contributed by atoms with van der Waals surface area (Å²) >= 11 is 6.97. The molecule has 8 heteroatoms. The summed E-state index contributed by atoms with van der Waals surface area (Å²) < 4.78 is 13.0. The number of carbonyl (C=O) groups excluding carboxylic acids is 1. The van der Waals surface area contributed by atoms with Crippen molar-refractivity contribution in [2.45, 2.75) is 19.9 Å². The molecular formula is C12H12ClFN4OS. The van der Waals surface area contributed by atoms with E-state index >= 15 is 0 Å². The summed E-state index contributed by atoms with van der Waals surface area (Å²) in [6, 6.07) is 3.65. The summed E-state index contributed by atoms with van der Waals surface area (Å²) in [7, 11) is 0. The Kier molecular flexibility index (Phi) is 4.51. The van der Waals surface area contributed by atoms with E-state index in [0.717, 1.165) is 5.01 Å². The zero-order chi connectivity index (χ0) is 14.7. The molecule has 106 valence electrons. The number of hydrogen-bond acceptors (Lipinski definition) is 5. The van der Waals surface area contributed by atoms with E-state index in [9.17, 15) is 9.18 Å². The summed E-state index contributed by atoms with van der Waals surface area (Å²) in [5.74, 6) is -0.764. The Labute approximate surface area is 124 Å². The van der Waals surface area contributed by atoms with Gasteiger partial charge in [0.05, 0.1) is 5.02 Å². The van der Waals surface area contributed by atoms with Gasteiger partial charge in [-0.3, -0.25) is 10.1 Å². The lowest BCUT2D eigenvalue weighted by atomic mass is 10.2. The molecule has 0 aliphatic rings. The third-order valence-corrected chi connectivity index (χ3v) is 3.50. The van der Waals surface area contributed by atoms with E-state index in [1.807, 2.05) is 0 Å². The molecule has 0 aliphatic heterocycles. The van der Waals surface area contributed by atoms with Crippen molar-refractivity contribution in [2.24, 2.45) is 0 Å². The third-order valence-electron chi connectivity index (χ3n) is 2.45. The molecule has 2 N–H and O–H groups in total. The molecule has 1 aromatic carbocycles. The van der Waals surface area contributed by atoms with E-state index in [-0.39, 0.29) is 10.9 Å². The minimum absolute atomic E-state index is 0.00218. The molecule has 0 saturated heterocycles. The second-order valence-electron chi connectivity index (χ2n) is 4.11. The highest BCUT2D eigenvalue weighted by Gasteiger charge is 2.15. The number of rotatable bonds is 4. The monoisotopic (exact) mass is 314 g/mol. The molecule has 1 atom stereocenters. The molecule has 0 spiro atoms. The maximum atomic E-state index is 13.0. The van der Waals surface area contributed by atoms with Crippen LogP contribution in [-0.4, -0.2) is 22.1 Å². The second-order valence-corrected chi connectivity index (χ2v) is 5.70. The van der Waals surface area contributed by atoms with Gasteiger partial charge >= 0.3 is 0 Å². The van der Waals surface area contributed by atoms with Gasteiger partial charge in [-0.05, 0) is 32.0 Å². The molecule has 0 unspecified atom stereocenters. The highest BCUT2D eigenvalue weighted by molar-refractivity contribution is 7.15. The van der Waals surface area contributed by atoms with Crippen LogP contribution in [0.2, 0.25) is 5.02 Å². The largest absolute Gasteiger partial charge is 0.374 e. The average Bonchev–Trinajstić information content (AvgIpc) is 2.79. The van der Waals surface area contributed by atoms with Gasteiger partial charge in [0.25, 0.3) is 0 Å². The first-order valence-electron chi connectivity index (χ1n) is 5.78. The molecule has 1 amide bonds. The van der Waals surface area contributed by atoms with Gasteiger partial charge in [0, 0.05) is 5.69 Å². The first kappa shape index (κ1) is 14.7. The Balaban J connectivity index is 1.98. The normalized spacial score (nSPS) is 12.0. The van der Waals surface area contributed by atoms with Crippen LogP contribution in [0.15, 0.2) is 18.2 Å². The molecule has 5 nitrogen and oxygen atoms in total. The van der Waals surface area contributed by atoms with Crippen LogP contribution in [0.5, 0.6) is 0 Å². The van der Waals surface area contributed by atoms with Gasteiger partial charge in [0.1, 0.15) is 16.9 Å². The van der Waals surface area contributed by atoms with Crippen molar-refractivity contribution in [2.75, 3.05) is 10.6 Å². The van der Waals surface area contributed by atoms with Crippen molar-refractivity contribution >= 4 is 39.7 Å². The zero-order valence-electron chi connectivity index (χ0n) is 10.8. The number of anilines is 2. The lowest BCUT2D eigenvalue weighted by Gasteiger charge is -2.14. The topological polar surface area (TPSA) is 66.9 Å². The average molecular weight is 315 g/mol. The Morgan fingerprint density at radius 2 is 2.20 bits per heavy atom. The SMILES string of the molecule is Cc1nnc(NC(=O)[C@@H](C)Nc2ccc(F)c(Cl)c2)s1. The standard InChI is InChI=1S/C12H12ClFN4OS/c1-6(11(19)16-12-18-17-7(2)20-12)15-8-3-4-10(14)9(13)5-8/h3-6,15H,1-2H3,(H,16,18,19)/t6-/m1/s1. The molecule has 2 rings (SSSR count). The third kappa shape index (κ3) is 3.64. The molecule has 2 aromatic rings. The van der Waals surface area contributed by atoms with Crippen LogP contribution in [0, 0.1) is 12.7 Å². The fraction of sp³-hybridized carbons (Fsp3) is 0.250. The molecule has 1 heterocycles. The molecule has 0 saturated carbocycles. The second kappa shape index (κ2) is 6.15. The number of nitrogens with zero attached hydrogens (tertiary/aromatic N) is 2. The van der Waals surface area contributed by atoms with Crippen molar-refractivity contribution in [3.05, 3.63) is 34.0 Å². The number of benzene rings is 1. The first-order valence-corrected chi connectivity index (χ1v) is 6.97. The van der Waals surface area contributed by atoms with Crippen LogP contribution in [-0.2, 0) is 4.79 Å². The maximum Gasteiger partial charge on any atom is 0.248 e. The first-order chi connectivity index (χ1) is 9.45. The van der Waals surface area contributed by atoms with Gasteiger partial charge in [0.15, 0.2) is 0 Å². The number of aryl methyl sites for hydroxylation is 1. The number of aromatic nitrogens is 2.